The number of nitrogens with one attached hydrogen (secondary N) is 2. The number of rotatable bonds is 8. The van der Waals surface area contributed by atoms with E-state index in [4.69, 9.17) is 9.47 Å². The van der Waals surface area contributed by atoms with E-state index < -0.39 is 0 Å². The molecule has 0 bridgehead atoms. The summed E-state index contributed by atoms with van der Waals surface area (Å²) in [6, 6.07) is 18.1. The number of hydrogen-bond acceptors (Lipinski definition) is 5. The van der Waals surface area contributed by atoms with Gasteiger partial charge in [-0.2, -0.15) is 5.10 Å². The smallest absolute Gasteiger partial charge is 0.272 e. The molecule has 5 rings (SSSR count). The van der Waals surface area contributed by atoms with Gasteiger partial charge >= 0.3 is 0 Å². The Morgan fingerprint density at radius 1 is 1.09 bits per heavy atom. The summed E-state index contributed by atoms with van der Waals surface area (Å²) in [5.41, 5.74) is 3.80. The Labute approximate surface area is 194 Å². The summed E-state index contributed by atoms with van der Waals surface area (Å²) in [6.45, 7) is 2.37. The van der Waals surface area contributed by atoms with Gasteiger partial charge in [-0.15, -0.1) is 0 Å². The highest BCUT2D eigenvalue weighted by molar-refractivity contribution is 5.92. The Morgan fingerprint density at radius 2 is 1.91 bits per heavy atom. The molecule has 2 heterocycles. The number of aromatic amines is 1. The van der Waals surface area contributed by atoms with Crippen LogP contribution >= 0.6 is 0 Å². The first-order valence-electron chi connectivity index (χ1n) is 11.5. The molecule has 2 fully saturated rings. The molecule has 33 heavy (non-hydrogen) atoms. The van der Waals surface area contributed by atoms with E-state index in [9.17, 15) is 4.79 Å². The van der Waals surface area contributed by atoms with Gasteiger partial charge < -0.3 is 14.8 Å². The number of hydrogen-bond donors (Lipinski definition) is 2. The van der Waals surface area contributed by atoms with Crippen LogP contribution in [-0.4, -0.2) is 54.4 Å². The van der Waals surface area contributed by atoms with Gasteiger partial charge in [-0.25, -0.2) is 0 Å². The SMILES string of the molecule is COc1ccc(OC)c([C@@H]2CN(Cc3ccccc3)C[C@H]2NC(=O)c2cc(C3CC3)[nH]n2)c1. The van der Waals surface area contributed by atoms with Crippen LogP contribution in [0.2, 0.25) is 0 Å². The van der Waals surface area contributed by atoms with Crippen molar-refractivity contribution >= 4 is 5.91 Å². The second-order valence-corrected chi connectivity index (χ2v) is 8.96. The number of amides is 1. The molecule has 0 spiro atoms. The van der Waals surface area contributed by atoms with Crippen LogP contribution in [0.5, 0.6) is 11.5 Å². The molecule has 2 aliphatic rings. The van der Waals surface area contributed by atoms with Crippen LogP contribution in [0.15, 0.2) is 54.6 Å². The van der Waals surface area contributed by atoms with Gasteiger partial charge in [0.15, 0.2) is 0 Å². The molecule has 7 nitrogen and oxygen atoms in total. The topological polar surface area (TPSA) is 79.5 Å². The minimum absolute atomic E-state index is 0.0598. The molecule has 3 aromatic rings. The Balaban J connectivity index is 1.40. The summed E-state index contributed by atoms with van der Waals surface area (Å²) in [6.07, 6.45) is 2.33. The highest BCUT2D eigenvalue weighted by Crippen LogP contribution is 2.39. The summed E-state index contributed by atoms with van der Waals surface area (Å²) < 4.78 is 11.2. The van der Waals surface area contributed by atoms with Crippen LogP contribution in [0.4, 0.5) is 0 Å². The predicted octanol–water partition coefficient (Wildman–Crippen LogP) is 3.70. The average Bonchev–Trinajstić information content (AvgIpc) is 3.44. The van der Waals surface area contributed by atoms with Crippen LogP contribution in [-0.2, 0) is 6.54 Å². The highest BCUT2D eigenvalue weighted by atomic mass is 16.5. The van der Waals surface area contributed by atoms with E-state index in [-0.39, 0.29) is 17.9 Å². The van der Waals surface area contributed by atoms with E-state index in [0.717, 1.165) is 55.2 Å². The van der Waals surface area contributed by atoms with E-state index in [2.05, 4.69) is 44.7 Å². The molecule has 1 aliphatic heterocycles. The molecule has 2 N–H and O–H groups in total. The molecule has 2 aromatic carbocycles. The van der Waals surface area contributed by atoms with Gasteiger partial charge in [-0.05, 0) is 42.7 Å². The lowest BCUT2D eigenvalue weighted by Gasteiger charge is -2.22. The van der Waals surface area contributed by atoms with Gasteiger partial charge in [0.2, 0.25) is 0 Å². The number of benzene rings is 2. The number of aromatic nitrogens is 2. The zero-order valence-electron chi connectivity index (χ0n) is 19.1. The van der Waals surface area contributed by atoms with Gasteiger partial charge in [0, 0.05) is 42.7 Å². The quantitative estimate of drug-likeness (QED) is 0.552. The highest BCUT2D eigenvalue weighted by Gasteiger charge is 2.37. The van der Waals surface area contributed by atoms with Crippen LogP contribution in [0.25, 0.3) is 0 Å². The van der Waals surface area contributed by atoms with Crippen molar-refractivity contribution in [1.29, 1.82) is 0 Å². The lowest BCUT2D eigenvalue weighted by atomic mass is 9.93. The molecule has 0 radical (unpaired) electrons. The number of likely N-dealkylation sites (tertiary alicyclic amines) is 1. The van der Waals surface area contributed by atoms with Crippen molar-refractivity contribution in [3.63, 3.8) is 0 Å². The summed E-state index contributed by atoms with van der Waals surface area (Å²) >= 11 is 0. The molecule has 1 aromatic heterocycles. The maximum atomic E-state index is 13.1. The monoisotopic (exact) mass is 446 g/mol. The Hall–Kier alpha value is -3.32. The van der Waals surface area contributed by atoms with Gasteiger partial charge in [0.25, 0.3) is 5.91 Å². The third kappa shape index (κ3) is 4.73. The Bertz CT molecular complexity index is 1110. The van der Waals surface area contributed by atoms with Crippen molar-refractivity contribution in [2.75, 3.05) is 27.3 Å². The van der Waals surface area contributed by atoms with E-state index in [0.29, 0.717) is 11.6 Å². The first-order chi connectivity index (χ1) is 16.1. The van der Waals surface area contributed by atoms with Crippen molar-refractivity contribution in [1.82, 2.24) is 20.4 Å². The van der Waals surface area contributed by atoms with Gasteiger partial charge in [-0.1, -0.05) is 30.3 Å². The van der Waals surface area contributed by atoms with Gasteiger partial charge in [-0.3, -0.25) is 14.8 Å². The minimum Gasteiger partial charge on any atom is -0.497 e. The van der Waals surface area contributed by atoms with Crippen molar-refractivity contribution in [2.45, 2.75) is 37.3 Å². The second kappa shape index (κ2) is 9.27. The first kappa shape index (κ1) is 21.5. The summed E-state index contributed by atoms with van der Waals surface area (Å²) in [5, 5.41) is 10.6. The second-order valence-electron chi connectivity index (χ2n) is 8.96. The number of carbonyl (C=O) groups excluding carboxylic acids is 1. The molecular formula is C26H30N4O3. The number of methoxy groups -OCH3 is 2. The molecule has 1 saturated heterocycles. The molecular weight excluding hydrogens is 416 g/mol. The zero-order chi connectivity index (χ0) is 22.8. The average molecular weight is 447 g/mol. The number of ether oxygens (including phenoxy) is 2. The Morgan fingerprint density at radius 3 is 2.64 bits per heavy atom. The van der Waals surface area contributed by atoms with E-state index in [1.165, 1.54) is 5.56 Å². The van der Waals surface area contributed by atoms with Crippen LogP contribution in [0.3, 0.4) is 0 Å². The molecule has 7 heteroatoms. The van der Waals surface area contributed by atoms with Crippen molar-refractivity contribution in [3.05, 3.63) is 77.1 Å². The maximum absolute atomic E-state index is 13.1. The summed E-state index contributed by atoms with van der Waals surface area (Å²) in [5.74, 6) is 2.03. The number of nitrogens with zero attached hydrogens (tertiary/aromatic N) is 2. The normalized spacial score (nSPS) is 20.5. The largest absolute Gasteiger partial charge is 0.497 e. The zero-order valence-corrected chi connectivity index (χ0v) is 19.1. The third-order valence-electron chi connectivity index (χ3n) is 6.64. The standard InChI is InChI=1S/C26H30N4O3/c1-32-19-10-11-25(33-2)20(12-19)21-15-30(14-17-6-4-3-5-7-17)16-24(21)27-26(31)23-13-22(28-29-23)18-8-9-18/h3-7,10-13,18,21,24H,8-9,14-16H2,1-2H3,(H,27,31)(H,28,29)/t21-,24+/m0/s1. The number of carbonyl (C=O) groups is 1. The van der Waals surface area contributed by atoms with Crippen LogP contribution < -0.4 is 14.8 Å². The van der Waals surface area contributed by atoms with Gasteiger partial charge in [0.05, 0.1) is 20.3 Å². The van der Waals surface area contributed by atoms with E-state index in [1.807, 2.05) is 30.3 Å². The Kier molecular flexibility index (Phi) is 6.05. The fraction of sp³-hybridized carbons (Fsp3) is 0.385. The third-order valence-corrected chi connectivity index (χ3v) is 6.64. The minimum atomic E-state index is -0.142. The maximum Gasteiger partial charge on any atom is 0.272 e. The fourth-order valence-corrected chi connectivity index (χ4v) is 4.75. The lowest BCUT2D eigenvalue weighted by molar-refractivity contribution is 0.0929. The molecule has 1 amide bonds. The number of H-pyrrole nitrogens is 1. The van der Waals surface area contributed by atoms with E-state index in [1.54, 1.807) is 14.2 Å². The van der Waals surface area contributed by atoms with Crippen LogP contribution in [0, 0.1) is 0 Å². The van der Waals surface area contributed by atoms with E-state index >= 15 is 0 Å². The summed E-state index contributed by atoms with van der Waals surface area (Å²) in [4.78, 5) is 15.5. The summed E-state index contributed by atoms with van der Waals surface area (Å²) in [7, 11) is 3.34. The molecule has 0 unspecified atom stereocenters. The molecule has 1 aliphatic carbocycles. The molecule has 2 atom stereocenters. The molecule has 1 saturated carbocycles. The van der Waals surface area contributed by atoms with Crippen molar-refractivity contribution < 1.29 is 14.3 Å². The van der Waals surface area contributed by atoms with Crippen LogP contribution in [0.1, 0.15) is 52.0 Å². The van der Waals surface area contributed by atoms with Gasteiger partial charge in [0.1, 0.15) is 17.2 Å². The van der Waals surface area contributed by atoms with Crippen molar-refractivity contribution in [2.24, 2.45) is 0 Å². The fourth-order valence-electron chi connectivity index (χ4n) is 4.75. The van der Waals surface area contributed by atoms with Crippen molar-refractivity contribution in [3.8, 4) is 11.5 Å². The first-order valence-corrected chi connectivity index (χ1v) is 11.5. The predicted molar refractivity (Wildman–Crippen MR) is 126 cm³/mol. The molecule has 172 valence electrons. The lowest BCUT2D eigenvalue weighted by Crippen LogP contribution is -2.40.